The monoisotopic (exact) mass is 437 g/mol. The SMILES string of the molecule is Cc1ccc(N2C(=O)[C@@H](CC(=O)Nc3ccc(Cl)cc3)N(Cc3ccco3)C2=O)cc1. The van der Waals surface area contributed by atoms with Crippen LogP contribution in [0.4, 0.5) is 16.2 Å². The number of hydrogen-bond donors (Lipinski definition) is 1. The van der Waals surface area contributed by atoms with Crippen LogP contribution in [0.2, 0.25) is 5.02 Å². The number of nitrogens with zero attached hydrogens (tertiary/aromatic N) is 2. The molecule has 1 aliphatic rings. The van der Waals surface area contributed by atoms with Crippen molar-refractivity contribution >= 4 is 40.8 Å². The van der Waals surface area contributed by atoms with Crippen molar-refractivity contribution in [3.8, 4) is 0 Å². The van der Waals surface area contributed by atoms with E-state index >= 15 is 0 Å². The van der Waals surface area contributed by atoms with Crippen LogP contribution in [0, 0.1) is 6.92 Å². The Bertz CT molecular complexity index is 1090. The Labute approximate surface area is 184 Å². The summed E-state index contributed by atoms with van der Waals surface area (Å²) >= 11 is 5.88. The average molecular weight is 438 g/mol. The first-order valence-electron chi connectivity index (χ1n) is 9.71. The minimum atomic E-state index is -0.953. The normalized spacial score (nSPS) is 16.1. The molecular weight excluding hydrogens is 418 g/mol. The number of halogens is 1. The van der Waals surface area contributed by atoms with E-state index in [4.69, 9.17) is 16.0 Å². The summed E-state index contributed by atoms with van der Waals surface area (Å²) in [5.41, 5.74) is 2.03. The lowest BCUT2D eigenvalue weighted by Crippen LogP contribution is -2.37. The van der Waals surface area contributed by atoms with Crippen molar-refractivity contribution in [3.05, 3.63) is 83.3 Å². The highest BCUT2D eigenvalue weighted by atomic mass is 35.5. The van der Waals surface area contributed by atoms with Crippen LogP contribution in [0.3, 0.4) is 0 Å². The van der Waals surface area contributed by atoms with Crippen molar-refractivity contribution in [3.63, 3.8) is 0 Å². The topological polar surface area (TPSA) is 82.9 Å². The van der Waals surface area contributed by atoms with Gasteiger partial charge in [0.25, 0.3) is 5.91 Å². The highest BCUT2D eigenvalue weighted by Crippen LogP contribution is 2.29. The van der Waals surface area contributed by atoms with E-state index in [2.05, 4.69) is 5.32 Å². The molecule has 0 aliphatic carbocycles. The molecule has 1 fully saturated rings. The molecule has 7 nitrogen and oxygen atoms in total. The molecule has 1 atom stereocenters. The molecule has 2 aromatic carbocycles. The van der Waals surface area contributed by atoms with Crippen molar-refractivity contribution < 1.29 is 18.8 Å². The van der Waals surface area contributed by atoms with E-state index < -0.39 is 18.0 Å². The molecule has 0 saturated carbocycles. The van der Waals surface area contributed by atoms with Gasteiger partial charge in [-0.25, -0.2) is 9.69 Å². The Hall–Kier alpha value is -3.58. The van der Waals surface area contributed by atoms with Gasteiger partial charge in [-0.1, -0.05) is 29.3 Å². The zero-order chi connectivity index (χ0) is 22.0. The van der Waals surface area contributed by atoms with Gasteiger partial charge in [0.15, 0.2) is 0 Å². The van der Waals surface area contributed by atoms with Crippen LogP contribution in [0.1, 0.15) is 17.7 Å². The Morgan fingerprint density at radius 2 is 1.77 bits per heavy atom. The summed E-state index contributed by atoms with van der Waals surface area (Å²) in [4.78, 5) is 41.5. The molecule has 2 heterocycles. The Balaban J connectivity index is 1.58. The maximum atomic E-state index is 13.2. The minimum Gasteiger partial charge on any atom is -0.467 e. The van der Waals surface area contributed by atoms with Crippen molar-refractivity contribution in [2.24, 2.45) is 0 Å². The summed E-state index contributed by atoms with van der Waals surface area (Å²) in [7, 11) is 0. The van der Waals surface area contributed by atoms with Gasteiger partial charge >= 0.3 is 6.03 Å². The Morgan fingerprint density at radius 3 is 2.42 bits per heavy atom. The fourth-order valence-electron chi connectivity index (χ4n) is 3.44. The van der Waals surface area contributed by atoms with E-state index in [1.54, 1.807) is 48.5 Å². The maximum Gasteiger partial charge on any atom is 0.332 e. The van der Waals surface area contributed by atoms with Gasteiger partial charge in [0, 0.05) is 10.7 Å². The van der Waals surface area contributed by atoms with Crippen molar-refractivity contribution in [1.29, 1.82) is 0 Å². The predicted molar refractivity (Wildman–Crippen MR) is 117 cm³/mol. The van der Waals surface area contributed by atoms with Crippen LogP contribution in [-0.4, -0.2) is 28.8 Å². The molecule has 1 saturated heterocycles. The zero-order valence-corrected chi connectivity index (χ0v) is 17.5. The summed E-state index contributed by atoms with van der Waals surface area (Å²) in [5.74, 6) is -0.314. The van der Waals surface area contributed by atoms with Crippen LogP contribution >= 0.6 is 11.6 Å². The van der Waals surface area contributed by atoms with Crippen molar-refractivity contribution in [2.45, 2.75) is 25.9 Å². The van der Waals surface area contributed by atoms with Crippen LogP contribution < -0.4 is 10.2 Å². The summed E-state index contributed by atoms with van der Waals surface area (Å²) in [6, 6.07) is 15.7. The highest BCUT2D eigenvalue weighted by molar-refractivity contribution is 6.30. The highest BCUT2D eigenvalue weighted by Gasteiger charge is 2.46. The van der Waals surface area contributed by atoms with E-state index in [1.165, 1.54) is 11.2 Å². The van der Waals surface area contributed by atoms with Crippen molar-refractivity contribution in [2.75, 3.05) is 10.2 Å². The number of anilines is 2. The molecular formula is C23H20ClN3O4. The first-order valence-corrected chi connectivity index (χ1v) is 10.1. The molecule has 1 aromatic heterocycles. The van der Waals surface area contributed by atoms with Crippen LogP contribution in [0.25, 0.3) is 0 Å². The van der Waals surface area contributed by atoms with Crippen molar-refractivity contribution in [1.82, 2.24) is 4.90 Å². The number of carbonyl (C=O) groups is 3. The van der Waals surface area contributed by atoms with E-state index in [9.17, 15) is 14.4 Å². The second kappa shape index (κ2) is 8.65. The number of rotatable bonds is 6. The average Bonchev–Trinajstić information content (AvgIpc) is 3.33. The maximum absolute atomic E-state index is 13.2. The predicted octanol–water partition coefficient (Wildman–Crippen LogP) is 4.61. The first-order chi connectivity index (χ1) is 14.9. The number of imide groups is 1. The minimum absolute atomic E-state index is 0.0822. The number of nitrogens with one attached hydrogen (secondary N) is 1. The van der Waals surface area contributed by atoms with Crippen LogP contribution in [-0.2, 0) is 16.1 Å². The molecule has 0 bridgehead atoms. The number of aryl methyl sites for hydroxylation is 1. The molecule has 4 rings (SSSR count). The smallest absolute Gasteiger partial charge is 0.332 e. The number of furan rings is 1. The third-order valence-electron chi connectivity index (χ3n) is 5.02. The molecule has 31 heavy (non-hydrogen) atoms. The molecule has 3 aromatic rings. The zero-order valence-electron chi connectivity index (χ0n) is 16.7. The Kier molecular flexibility index (Phi) is 5.77. The second-order valence-electron chi connectivity index (χ2n) is 7.27. The fourth-order valence-corrected chi connectivity index (χ4v) is 3.56. The number of hydrogen-bond acceptors (Lipinski definition) is 4. The van der Waals surface area contributed by atoms with Gasteiger partial charge in [-0.2, -0.15) is 0 Å². The molecule has 0 spiro atoms. The Morgan fingerprint density at radius 1 is 1.06 bits per heavy atom. The summed E-state index contributed by atoms with van der Waals surface area (Å²) in [5, 5.41) is 3.29. The number of benzene rings is 2. The summed E-state index contributed by atoms with van der Waals surface area (Å²) < 4.78 is 5.36. The van der Waals surface area contributed by atoms with Crippen LogP contribution in [0.15, 0.2) is 71.3 Å². The van der Waals surface area contributed by atoms with Gasteiger partial charge in [0.2, 0.25) is 5.91 Å². The molecule has 4 amide bonds. The van der Waals surface area contributed by atoms with Gasteiger partial charge in [-0.05, 0) is 55.5 Å². The number of carbonyl (C=O) groups excluding carboxylic acids is 3. The van der Waals surface area contributed by atoms with E-state index in [-0.39, 0.29) is 18.9 Å². The van der Waals surface area contributed by atoms with Gasteiger partial charge in [-0.3, -0.25) is 9.59 Å². The lowest BCUT2D eigenvalue weighted by Gasteiger charge is -2.20. The number of urea groups is 1. The molecule has 1 N–H and O–H groups in total. The van der Waals surface area contributed by atoms with E-state index in [1.807, 2.05) is 19.1 Å². The lowest BCUT2D eigenvalue weighted by atomic mass is 10.1. The molecule has 8 heteroatoms. The largest absolute Gasteiger partial charge is 0.467 e. The van der Waals surface area contributed by atoms with Crippen LogP contribution in [0.5, 0.6) is 0 Å². The fraction of sp³-hybridized carbons (Fsp3) is 0.174. The molecule has 1 aliphatic heterocycles. The third-order valence-corrected chi connectivity index (χ3v) is 5.28. The van der Waals surface area contributed by atoms with Gasteiger partial charge in [-0.15, -0.1) is 0 Å². The van der Waals surface area contributed by atoms with E-state index in [0.29, 0.717) is 22.2 Å². The van der Waals surface area contributed by atoms with Gasteiger partial charge < -0.3 is 14.6 Å². The quantitative estimate of drug-likeness (QED) is 0.571. The molecule has 0 radical (unpaired) electrons. The third kappa shape index (κ3) is 4.46. The molecule has 0 unspecified atom stereocenters. The van der Waals surface area contributed by atoms with E-state index in [0.717, 1.165) is 10.5 Å². The standard InChI is InChI=1S/C23H20ClN3O4/c1-15-4-10-18(11-5-15)27-22(29)20(26(23(27)30)14-19-3-2-12-31-19)13-21(28)25-17-8-6-16(24)7-9-17/h2-12,20H,13-14H2,1H3,(H,25,28)/t20-/m1/s1. The van der Waals surface area contributed by atoms with Gasteiger partial charge in [0.05, 0.1) is 24.9 Å². The van der Waals surface area contributed by atoms with Gasteiger partial charge in [0.1, 0.15) is 11.8 Å². The summed E-state index contributed by atoms with van der Waals surface area (Å²) in [6.07, 6.45) is 1.31. The first kappa shape index (κ1) is 20.7. The lowest BCUT2D eigenvalue weighted by molar-refractivity contribution is -0.124. The second-order valence-corrected chi connectivity index (χ2v) is 7.71. The molecule has 158 valence electrons. The number of amides is 4. The summed E-state index contributed by atoms with van der Waals surface area (Å²) in [6.45, 7) is 2.00.